The molecule has 0 saturated carbocycles. The number of benzene rings is 1. The monoisotopic (exact) mass is 280 g/mol. The zero-order chi connectivity index (χ0) is 14.4. The van der Waals surface area contributed by atoms with E-state index in [1.807, 2.05) is 26.0 Å². The number of rotatable bonds is 7. The summed E-state index contributed by atoms with van der Waals surface area (Å²) < 4.78 is 16.7. The molecule has 4 heteroatoms. The second-order valence-corrected chi connectivity index (χ2v) is 4.89. The van der Waals surface area contributed by atoms with Crippen molar-refractivity contribution in [3.05, 3.63) is 35.4 Å². The largest absolute Gasteiger partial charge is 0.388 e. The zero-order valence-electron chi connectivity index (χ0n) is 12.2. The lowest BCUT2D eigenvalue weighted by molar-refractivity contribution is -0.197. The zero-order valence-corrected chi connectivity index (χ0v) is 12.2. The fourth-order valence-corrected chi connectivity index (χ4v) is 2.60. The van der Waals surface area contributed by atoms with Crippen LogP contribution in [-0.4, -0.2) is 37.3 Å². The molecule has 1 N–H and O–H groups in total. The van der Waals surface area contributed by atoms with Crippen molar-refractivity contribution in [3.63, 3.8) is 0 Å². The molecule has 2 unspecified atom stereocenters. The van der Waals surface area contributed by atoms with Crippen LogP contribution in [0.2, 0.25) is 0 Å². The Morgan fingerprint density at radius 1 is 1.25 bits per heavy atom. The predicted molar refractivity (Wildman–Crippen MR) is 76.5 cm³/mol. The van der Waals surface area contributed by atoms with Crippen LogP contribution in [0.25, 0.3) is 0 Å². The van der Waals surface area contributed by atoms with Crippen LogP contribution in [-0.2, 0) is 20.6 Å². The van der Waals surface area contributed by atoms with Crippen LogP contribution >= 0.6 is 0 Å². The van der Waals surface area contributed by atoms with Crippen LogP contribution in [0, 0.1) is 0 Å². The normalized spacial score (nSPS) is 19.9. The quantitative estimate of drug-likeness (QED) is 0.779. The molecule has 1 aliphatic rings. The number of hydrogen-bond donors (Lipinski definition) is 1. The van der Waals surface area contributed by atoms with Crippen molar-refractivity contribution < 1.29 is 19.3 Å². The number of fused-ring (bicyclic) bond motifs is 1. The molecule has 1 aromatic carbocycles. The first-order valence-electron chi connectivity index (χ1n) is 7.36. The van der Waals surface area contributed by atoms with Crippen molar-refractivity contribution >= 4 is 0 Å². The summed E-state index contributed by atoms with van der Waals surface area (Å²) in [6.45, 7) is 5.52. The fourth-order valence-electron chi connectivity index (χ4n) is 2.60. The molecule has 20 heavy (non-hydrogen) atoms. The van der Waals surface area contributed by atoms with Gasteiger partial charge in [-0.2, -0.15) is 0 Å². The molecule has 4 nitrogen and oxygen atoms in total. The molecule has 0 saturated heterocycles. The van der Waals surface area contributed by atoms with Crippen molar-refractivity contribution in [2.24, 2.45) is 0 Å². The van der Waals surface area contributed by atoms with Gasteiger partial charge in [0.25, 0.3) is 0 Å². The first-order valence-corrected chi connectivity index (χ1v) is 7.36. The average molecular weight is 280 g/mol. The van der Waals surface area contributed by atoms with E-state index in [2.05, 4.69) is 12.1 Å². The standard InChI is InChI=1S/C16H24O4/c1-3-18-16(19-4-2)14(17)11-15-13-8-6-5-7-12(13)9-10-20-15/h5-8,14-17H,3-4,9-11H2,1-2H3. The third kappa shape index (κ3) is 3.79. The lowest BCUT2D eigenvalue weighted by Gasteiger charge is -2.30. The molecule has 0 bridgehead atoms. The van der Waals surface area contributed by atoms with E-state index in [1.54, 1.807) is 0 Å². The first-order chi connectivity index (χ1) is 9.76. The van der Waals surface area contributed by atoms with Crippen molar-refractivity contribution in [3.8, 4) is 0 Å². The molecule has 0 spiro atoms. The van der Waals surface area contributed by atoms with E-state index >= 15 is 0 Å². The van der Waals surface area contributed by atoms with Gasteiger partial charge in [0.1, 0.15) is 6.10 Å². The van der Waals surface area contributed by atoms with Crippen molar-refractivity contribution in [2.75, 3.05) is 19.8 Å². The summed E-state index contributed by atoms with van der Waals surface area (Å²) in [4.78, 5) is 0. The van der Waals surface area contributed by atoms with E-state index in [4.69, 9.17) is 14.2 Å². The number of hydrogen-bond acceptors (Lipinski definition) is 4. The minimum Gasteiger partial charge on any atom is -0.388 e. The van der Waals surface area contributed by atoms with Crippen LogP contribution in [0.1, 0.15) is 37.5 Å². The Balaban J connectivity index is 2.02. The highest BCUT2D eigenvalue weighted by atomic mass is 16.7. The van der Waals surface area contributed by atoms with Gasteiger partial charge in [0, 0.05) is 19.6 Å². The maximum absolute atomic E-state index is 10.3. The molecule has 0 aliphatic carbocycles. The Morgan fingerprint density at radius 3 is 2.65 bits per heavy atom. The third-order valence-corrected chi connectivity index (χ3v) is 3.52. The third-order valence-electron chi connectivity index (χ3n) is 3.52. The average Bonchev–Trinajstić information content (AvgIpc) is 2.47. The van der Waals surface area contributed by atoms with Crippen LogP contribution in [0.15, 0.2) is 24.3 Å². The Kier molecular flexibility index (Phi) is 5.98. The second-order valence-electron chi connectivity index (χ2n) is 4.89. The fraction of sp³-hybridized carbons (Fsp3) is 0.625. The van der Waals surface area contributed by atoms with Crippen LogP contribution in [0.3, 0.4) is 0 Å². The molecule has 2 rings (SSSR count). The highest BCUT2D eigenvalue weighted by Crippen LogP contribution is 2.31. The van der Waals surface area contributed by atoms with Gasteiger partial charge in [-0.3, -0.25) is 0 Å². The van der Waals surface area contributed by atoms with Crippen LogP contribution in [0.4, 0.5) is 0 Å². The van der Waals surface area contributed by atoms with Crippen molar-refractivity contribution in [2.45, 2.75) is 45.2 Å². The summed E-state index contributed by atoms with van der Waals surface area (Å²) in [6.07, 6.45) is 0.0669. The summed E-state index contributed by atoms with van der Waals surface area (Å²) in [5.74, 6) is 0. The van der Waals surface area contributed by atoms with Crippen molar-refractivity contribution in [1.29, 1.82) is 0 Å². The van der Waals surface area contributed by atoms with Gasteiger partial charge in [-0.1, -0.05) is 24.3 Å². The van der Waals surface area contributed by atoms with Gasteiger partial charge < -0.3 is 19.3 Å². The highest BCUT2D eigenvalue weighted by molar-refractivity contribution is 5.30. The van der Waals surface area contributed by atoms with Gasteiger partial charge in [-0.15, -0.1) is 0 Å². The van der Waals surface area contributed by atoms with Gasteiger partial charge in [-0.25, -0.2) is 0 Å². The minimum atomic E-state index is -0.689. The second kappa shape index (κ2) is 7.74. The van der Waals surface area contributed by atoms with Crippen LogP contribution < -0.4 is 0 Å². The molecule has 112 valence electrons. The molecule has 0 aromatic heterocycles. The SMILES string of the molecule is CCOC(OCC)C(O)CC1OCCc2ccccc21. The predicted octanol–water partition coefficient (Wildman–Crippen LogP) is 2.45. The van der Waals surface area contributed by atoms with E-state index in [0.717, 1.165) is 6.42 Å². The molecule has 0 fully saturated rings. The van der Waals surface area contributed by atoms with E-state index in [-0.39, 0.29) is 6.10 Å². The first kappa shape index (κ1) is 15.4. The smallest absolute Gasteiger partial charge is 0.183 e. The molecular weight excluding hydrogens is 256 g/mol. The summed E-state index contributed by atoms with van der Waals surface area (Å²) in [7, 11) is 0. The molecule has 2 atom stereocenters. The Morgan fingerprint density at radius 2 is 1.95 bits per heavy atom. The summed E-state index contributed by atoms with van der Waals surface area (Å²) in [6, 6.07) is 8.25. The summed E-state index contributed by atoms with van der Waals surface area (Å²) >= 11 is 0. The number of ether oxygens (including phenoxy) is 3. The topological polar surface area (TPSA) is 47.9 Å². The highest BCUT2D eigenvalue weighted by Gasteiger charge is 2.28. The molecule has 0 amide bonds. The van der Waals surface area contributed by atoms with Crippen molar-refractivity contribution in [1.82, 2.24) is 0 Å². The van der Waals surface area contributed by atoms with E-state index < -0.39 is 12.4 Å². The Hall–Kier alpha value is -0.940. The number of aliphatic hydroxyl groups is 1. The van der Waals surface area contributed by atoms with E-state index in [0.29, 0.717) is 26.2 Å². The maximum Gasteiger partial charge on any atom is 0.183 e. The van der Waals surface area contributed by atoms with E-state index in [9.17, 15) is 5.11 Å². The van der Waals surface area contributed by atoms with Gasteiger partial charge in [0.15, 0.2) is 6.29 Å². The molecule has 0 radical (unpaired) electrons. The molecule has 1 heterocycles. The van der Waals surface area contributed by atoms with Gasteiger partial charge in [0.05, 0.1) is 12.7 Å². The summed E-state index contributed by atoms with van der Waals surface area (Å²) in [5, 5.41) is 10.3. The molecular formula is C16H24O4. The summed E-state index contributed by atoms with van der Waals surface area (Å²) in [5.41, 5.74) is 2.48. The van der Waals surface area contributed by atoms with Gasteiger partial charge in [0.2, 0.25) is 0 Å². The van der Waals surface area contributed by atoms with Gasteiger partial charge in [-0.05, 0) is 31.4 Å². The molecule has 1 aromatic rings. The molecule has 1 aliphatic heterocycles. The van der Waals surface area contributed by atoms with Crippen LogP contribution in [0.5, 0.6) is 0 Å². The maximum atomic E-state index is 10.3. The van der Waals surface area contributed by atoms with E-state index in [1.165, 1.54) is 11.1 Å². The lowest BCUT2D eigenvalue weighted by atomic mass is 9.94. The lowest BCUT2D eigenvalue weighted by Crippen LogP contribution is -2.34. The van der Waals surface area contributed by atoms with Gasteiger partial charge >= 0.3 is 0 Å². The Bertz CT molecular complexity index is 401. The Labute approximate surface area is 120 Å². The number of aliphatic hydroxyl groups excluding tert-OH is 1. The minimum absolute atomic E-state index is 0.0848.